The SMILES string of the molecule is CCCCCC(=O)O.CCCCCCCCCCCCC[CH2][Sn]([CH2]C)[CH2]C. The van der Waals surface area contributed by atoms with E-state index in [1.807, 2.05) is 0 Å². The zero-order valence-corrected chi connectivity index (χ0v) is 22.1. The number of unbranched alkanes of at least 4 members (excludes halogenated alkanes) is 13. The molecule has 0 saturated carbocycles. The number of aliphatic carboxylic acids is 1. The zero-order valence-electron chi connectivity index (χ0n) is 19.3. The summed E-state index contributed by atoms with van der Waals surface area (Å²) in [6.45, 7) is 9.21. The van der Waals surface area contributed by atoms with E-state index in [9.17, 15) is 4.79 Å². The molecule has 1 N–H and O–H groups in total. The van der Waals surface area contributed by atoms with E-state index in [1.165, 1.54) is 70.6 Å². The Morgan fingerprint density at radius 1 is 0.593 bits per heavy atom. The van der Waals surface area contributed by atoms with Crippen molar-refractivity contribution in [3.63, 3.8) is 0 Å². The van der Waals surface area contributed by atoms with Crippen LogP contribution in [0, 0.1) is 0 Å². The van der Waals surface area contributed by atoms with Crippen LogP contribution in [0.25, 0.3) is 0 Å². The number of carboxylic acid groups (broad SMARTS) is 1. The summed E-state index contributed by atoms with van der Waals surface area (Å²) in [4.78, 5) is 9.87. The van der Waals surface area contributed by atoms with Crippen molar-refractivity contribution in [2.75, 3.05) is 0 Å². The second kappa shape index (κ2) is 26.3. The molecule has 0 aliphatic rings. The molecule has 2 nitrogen and oxygen atoms in total. The van der Waals surface area contributed by atoms with Gasteiger partial charge in [0.15, 0.2) is 0 Å². The van der Waals surface area contributed by atoms with Crippen LogP contribution in [0.2, 0.25) is 13.3 Å². The Labute approximate surface area is 179 Å². The fourth-order valence-electron chi connectivity index (χ4n) is 3.35. The summed E-state index contributed by atoms with van der Waals surface area (Å²) in [5.74, 6) is -0.682. The van der Waals surface area contributed by atoms with Gasteiger partial charge in [-0.1, -0.05) is 33.1 Å². The maximum atomic E-state index is 9.87. The van der Waals surface area contributed by atoms with E-state index in [0.29, 0.717) is 6.42 Å². The Hall–Kier alpha value is 0.269. The molecular weight excluding hydrogens is 439 g/mol. The minimum absolute atomic E-state index is 0.327. The first kappa shape index (κ1) is 29.5. The van der Waals surface area contributed by atoms with Crippen LogP contribution in [0.15, 0.2) is 0 Å². The molecule has 0 atom stereocenters. The van der Waals surface area contributed by atoms with Crippen molar-refractivity contribution in [1.82, 2.24) is 0 Å². The molecule has 0 rings (SSSR count). The molecule has 0 bridgehead atoms. The van der Waals surface area contributed by atoms with Gasteiger partial charge in [0, 0.05) is 6.42 Å². The topological polar surface area (TPSA) is 37.3 Å². The minimum atomic E-state index is -0.809. The summed E-state index contributed by atoms with van der Waals surface area (Å²) in [6.07, 6.45) is 21.1. The van der Waals surface area contributed by atoms with Crippen molar-refractivity contribution >= 4 is 25.7 Å². The molecule has 0 saturated heterocycles. The van der Waals surface area contributed by atoms with Gasteiger partial charge in [0.2, 0.25) is 0 Å². The Kier molecular flexibility index (Phi) is 28.7. The third-order valence-corrected chi connectivity index (χ3v) is 14.1. The van der Waals surface area contributed by atoms with Gasteiger partial charge in [-0.25, -0.2) is 0 Å². The van der Waals surface area contributed by atoms with Gasteiger partial charge in [0.05, 0.1) is 0 Å². The van der Waals surface area contributed by atoms with Crippen molar-refractivity contribution in [1.29, 1.82) is 0 Å². The average molecular weight is 490 g/mol. The standard InChI is InChI=1S/C14H29.C6H12O2.2C2H5.Sn/c1-3-5-7-9-11-13-14-12-10-8-6-4-2;1-2-3-4-5-6(7)8;2*1-2;/h1,3-14H2,2H3;2-5H2,1H3,(H,7,8);2*1H2,2H3;. The third-order valence-electron chi connectivity index (χ3n) is 5.38. The van der Waals surface area contributed by atoms with Crippen molar-refractivity contribution < 1.29 is 9.90 Å². The summed E-state index contributed by atoms with van der Waals surface area (Å²) in [6, 6.07) is 0. The molecule has 27 heavy (non-hydrogen) atoms. The van der Waals surface area contributed by atoms with Gasteiger partial charge in [-0.05, 0) is 6.42 Å². The van der Waals surface area contributed by atoms with Crippen LogP contribution in [0.4, 0.5) is 0 Å². The number of hydrogen-bond donors (Lipinski definition) is 1. The quantitative estimate of drug-likeness (QED) is 0.145. The molecule has 0 aromatic heterocycles. The second-order valence-corrected chi connectivity index (χ2v) is 17.7. The molecule has 0 aromatic rings. The molecule has 0 aromatic carbocycles. The molecule has 0 amide bonds. The Morgan fingerprint density at radius 2 is 0.963 bits per heavy atom. The number of carbonyl (C=O) groups is 1. The van der Waals surface area contributed by atoms with Gasteiger partial charge in [-0.15, -0.1) is 0 Å². The summed E-state index contributed by atoms with van der Waals surface area (Å²) in [5.41, 5.74) is 0. The number of rotatable bonds is 19. The molecule has 0 heterocycles. The van der Waals surface area contributed by atoms with Crippen LogP contribution < -0.4 is 0 Å². The Morgan fingerprint density at radius 3 is 1.33 bits per heavy atom. The van der Waals surface area contributed by atoms with Crippen molar-refractivity contribution in [3.05, 3.63) is 0 Å². The zero-order chi connectivity index (χ0) is 20.6. The van der Waals surface area contributed by atoms with Gasteiger partial charge < -0.3 is 5.11 Å². The van der Waals surface area contributed by atoms with E-state index in [2.05, 4.69) is 27.7 Å². The van der Waals surface area contributed by atoms with Gasteiger partial charge in [0.1, 0.15) is 0 Å². The molecule has 1 radical (unpaired) electrons. The van der Waals surface area contributed by atoms with Crippen molar-refractivity contribution in [2.45, 2.75) is 144 Å². The predicted molar refractivity (Wildman–Crippen MR) is 124 cm³/mol. The molecule has 163 valence electrons. The van der Waals surface area contributed by atoms with E-state index in [4.69, 9.17) is 5.11 Å². The van der Waals surface area contributed by atoms with Crippen molar-refractivity contribution in [3.8, 4) is 0 Å². The normalized spacial score (nSPS) is 10.7. The van der Waals surface area contributed by atoms with E-state index in [-0.39, 0.29) is 0 Å². The van der Waals surface area contributed by atoms with Gasteiger partial charge in [-0.2, -0.15) is 0 Å². The van der Waals surface area contributed by atoms with Crippen LogP contribution in [0.1, 0.15) is 130 Å². The Balaban J connectivity index is 0. The number of hydrogen-bond acceptors (Lipinski definition) is 1. The van der Waals surface area contributed by atoms with E-state index < -0.39 is 25.7 Å². The molecule has 0 aliphatic carbocycles. The van der Waals surface area contributed by atoms with Crippen LogP contribution in [0.5, 0.6) is 0 Å². The first-order valence-corrected chi connectivity index (χ1v) is 18.2. The molecular formula is C24H51O2Sn. The van der Waals surface area contributed by atoms with E-state index in [1.54, 1.807) is 19.7 Å². The second-order valence-electron chi connectivity index (χ2n) is 7.95. The van der Waals surface area contributed by atoms with E-state index >= 15 is 0 Å². The van der Waals surface area contributed by atoms with Crippen LogP contribution in [-0.4, -0.2) is 30.8 Å². The number of carboxylic acids is 1. The van der Waals surface area contributed by atoms with Crippen LogP contribution >= 0.6 is 0 Å². The van der Waals surface area contributed by atoms with Crippen LogP contribution in [0.3, 0.4) is 0 Å². The summed E-state index contributed by atoms with van der Waals surface area (Å²) < 4.78 is 4.83. The first-order valence-electron chi connectivity index (χ1n) is 12.2. The molecule has 0 fully saturated rings. The first-order chi connectivity index (χ1) is 13.1. The molecule has 3 heteroatoms. The van der Waals surface area contributed by atoms with E-state index in [0.717, 1.165) is 19.3 Å². The van der Waals surface area contributed by atoms with Gasteiger partial charge in [0.25, 0.3) is 0 Å². The molecule has 0 unspecified atom stereocenters. The average Bonchev–Trinajstić information content (AvgIpc) is 2.66. The third kappa shape index (κ3) is 28.6. The van der Waals surface area contributed by atoms with Crippen molar-refractivity contribution in [2.24, 2.45) is 0 Å². The fraction of sp³-hybridized carbons (Fsp3) is 0.958. The van der Waals surface area contributed by atoms with Gasteiger partial charge >= 0.3 is 124 Å². The fourth-order valence-corrected chi connectivity index (χ4v) is 8.93. The Bertz CT molecular complexity index is 278. The summed E-state index contributed by atoms with van der Waals surface area (Å²) in [7, 11) is 0. The summed E-state index contributed by atoms with van der Waals surface area (Å²) in [5, 5.41) is 8.14. The predicted octanol–water partition coefficient (Wildman–Crippen LogP) is 8.87. The van der Waals surface area contributed by atoms with Gasteiger partial charge in [-0.3, -0.25) is 4.79 Å². The monoisotopic (exact) mass is 491 g/mol. The van der Waals surface area contributed by atoms with Crippen LogP contribution in [-0.2, 0) is 4.79 Å². The molecule has 0 aliphatic heterocycles. The maximum absolute atomic E-state index is 9.87. The summed E-state index contributed by atoms with van der Waals surface area (Å²) >= 11 is -0.809. The molecule has 0 spiro atoms.